The van der Waals surface area contributed by atoms with E-state index in [1.54, 1.807) is 11.3 Å². The van der Waals surface area contributed by atoms with Crippen molar-refractivity contribution >= 4 is 11.3 Å². The average Bonchev–Trinajstić information content (AvgIpc) is 2.94. The molecule has 2 N–H and O–H groups in total. The minimum Gasteiger partial charge on any atom is -0.322 e. The van der Waals surface area contributed by atoms with Gasteiger partial charge in [-0.3, -0.25) is 4.68 Å². The van der Waals surface area contributed by atoms with E-state index in [2.05, 4.69) is 44.2 Å². The van der Waals surface area contributed by atoms with E-state index in [4.69, 9.17) is 10.7 Å². The van der Waals surface area contributed by atoms with Gasteiger partial charge in [-0.25, -0.2) is 4.98 Å². The highest BCUT2D eigenvalue weighted by Crippen LogP contribution is 2.26. The first-order chi connectivity index (χ1) is 9.31. The second kappa shape index (κ2) is 5.66. The van der Waals surface area contributed by atoms with Crippen molar-refractivity contribution in [2.24, 2.45) is 5.73 Å². The van der Waals surface area contributed by atoms with Gasteiger partial charge in [0.2, 0.25) is 0 Å². The van der Waals surface area contributed by atoms with Gasteiger partial charge in [0.25, 0.3) is 0 Å². The summed E-state index contributed by atoms with van der Waals surface area (Å²) >= 11 is 1.70. The molecule has 0 aliphatic heterocycles. The van der Waals surface area contributed by atoms with Crippen molar-refractivity contribution in [3.63, 3.8) is 0 Å². The van der Waals surface area contributed by atoms with Crippen LogP contribution in [-0.2, 0) is 18.4 Å². The maximum atomic E-state index is 6.34. The Bertz CT molecular complexity index is 577. The molecule has 1 atom stereocenters. The van der Waals surface area contributed by atoms with Crippen molar-refractivity contribution < 1.29 is 0 Å². The molecule has 0 aliphatic rings. The number of aryl methyl sites for hydroxylation is 2. The molecular formula is C15H24N4S. The molecule has 0 spiro atoms. The van der Waals surface area contributed by atoms with E-state index in [9.17, 15) is 0 Å². The molecule has 0 aromatic carbocycles. The lowest BCUT2D eigenvalue weighted by molar-refractivity contribution is 0.555. The quantitative estimate of drug-likeness (QED) is 0.941. The highest BCUT2D eigenvalue weighted by molar-refractivity contribution is 7.09. The van der Waals surface area contributed by atoms with Crippen LogP contribution in [0.4, 0.5) is 0 Å². The molecule has 110 valence electrons. The molecule has 4 nitrogen and oxygen atoms in total. The molecule has 20 heavy (non-hydrogen) atoms. The van der Waals surface area contributed by atoms with Crippen LogP contribution in [0.15, 0.2) is 11.4 Å². The highest BCUT2D eigenvalue weighted by Gasteiger charge is 2.20. The highest BCUT2D eigenvalue weighted by atomic mass is 32.1. The first kappa shape index (κ1) is 15.2. The van der Waals surface area contributed by atoms with Crippen LogP contribution in [0.2, 0.25) is 0 Å². The topological polar surface area (TPSA) is 56.7 Å². The second-order valence-corrected chi connectivity index (χ2v) is 7.16. The predicted octanol–water partition coefficient (Wildman–Crippen LogP) is 3.21. The fourth-order valence-electron chi connectivity index (χ4n) is 2.16. The molecule has 0 saturated heterocycles. The molecule has 1 unspecified atom stereocenters. The third kappa shape index (κ3) is 3.27. The third-order valence-electron chi connectivity index (χ3n) is 3.33. The van der Waals surface area contributed by atoms with Crippen LogP contribution in [-0.4, -0.2) is 14.8 Å². The van der Waals surface area contributed by atoms with Gasteiger partial charge < -0.3 is 5.73 Å². The Kier molecular flexibility index (Phi) is 4.30. The lowest BCUT2D eigenvalue weighted by atomic mass is 9.93. The van der Waals surface area contributed by atoms with Crippen molar-refractivity contribution in [3.05, 3.63) is 33.5 Å². The SMILES string of the molecule is CCn1nc(C)cc1C(N)Cc1nc(C(C)(C)C)cs1. The van der Waals surface area contributed by atoms with Crippen LogP contribution in [0, 0.1) is 6.92 Å². The number of thiazole rings is 1. The zero-order valence-electron chi connectivity index (χ0n) is 13.0. The Morgan fingerprint density at radius 3 is 2.65 bits per heavy atom. The van der Waals surface area contributed by atoms with Gasteiger partial charge in [0.05, 0.1) is 28.1 Å². The van der Waals surface area contributed by atoms with Gasteiger partial charge in [0.1, 0.15) is 0 Å². The van der Waals surface area contributed by atoms with Crippen LogP contribution in [0.1, 0.15) is 55.8 Å². The molecule has 2 heterocycles. The normalized spacial score (nSPS) is 13.7. The molecule has 0 bridgehead atoms. The summed E-state index contributed by atoms with van der Waals surface area (Å²) in [5, 5.41) is 7.70. The molecular weight excluding hydrogens is 268 g/mol. The van der Waals surface area contributed by atoms with Crippen molar-refractivity contribution in [2.45, 2.75) is 59.0 Å². The van der Waals surface area contributed by atoms with Gasteiger partial charge >= 0.3 is 0 Å². The monoisotopic (exact) mass is 292 g/mol. The van der Waals surface area contributed by atoms with Crippen LogP contribution < -0.4 is 5.73 Å². The van der Waals surface area contributed by atoms with E-state index in [0.29, 0.717) is 0 Å². The largest absolute Gasteiger partial charge is 0.322 e. The minimum atomic E-state index is -0.0462. The van der Waals surface area contributed by atoms with Gasteiger partial charge in [-0.1, -0.05) is 20.8 Å². The van der Waals surface area contributed by atoms with Crippen molar-refractivity contribution in [3.8, 4) is 0 Å². The van der Waals surface area contributed by atoms with Crippen LogP contribution in [0.5, 0.6) is 0 Å². The Morgan fingerprint density at radius 2 is 2.10 bits per heavy atom. The van der Waals surface area contributed by atoms with Gasteiger partial charge in [-0.15, -0.1) is 11.3 Å². The Hall–Kier alpha value is -1.20. The van der Waals surface area contributed by atoms with E-state index in [1.807, 2.05) is 11.6 Å². The fourth-order valence-corrected chi connectivity index (χ4v) is 3.24. The van der Waals surface area contributed by atoms with Crippen molar-refractivity contribution in [1.82, 2.24) is 14.8 Å². The van der Waals surface area contributed by atoms with Gasteiger partial charge in [0, 0.05) is 23.8 Å². The number of nitrogens with zero attached hydrogens (tertiary/aromatic N) is 3. The fraction of sp³-hybridized carbons (Fsp3) is 0.600. The summed E-state index contributed by atoms with van der Waals surface area (Å²) in [6.45, 7) is 11.5. The van der Waals surface area contributed by atoms with E-state index in [0.717, 1.165) is 35.1 Å². The molecule has 0 radical (unpaired) electrons. The second-order valence-electron chi connectivity index (χ2n) is 6.21. The maximum absolute atomic E-state index is 6.34. The number of rotatable bonds is 4. The van der Waals surface area contributed by atoms with Gasteiger partial charge in [0.15, 0.2) is 0 Å². The van der Waals surface area contributed by atoms with Crippen molar-refractivity contribution in [2.75, 3.05) is 0 Å². The molecule has 0 amide bonds. The summed E-state index contributed by atoms with van der Waals surface area (Å²) in [5.41, 5.74) is 9.70. The van der Waals surface area contributed by atoms with Crippen LogP contribution >= 0.6 is 11.3 Å². The maximum Gasteiger partial charge on any atom is 0.0948 e. The molecule has 2 aromatic rings. The van der Waals surface area contributed by atoms with E-state index in [1.165, 1.54) is 0 Å². The van der Waals surface area contributed by atoms with Crippen LogP contribution in [0.3, 0.4) is 0 Å². The molecule has 2 aromatic heterocycles. The zero-order valence-corrected chi connectivity index (χ0v) is 13.8. The number of hydrogen-bond donors (Lipinski definition) is 1. The summed E-state index contributed by atoms with van der Waals surface area (Å²) in [7, 11) is 0. The summed E-state index contributed by atoms with van der Waals surface area (Å²) in [6.07, 6.45) is 0.770. The summed E-state index contributed by atoms with van der Waals surface area (Å²) < 4.78 is 1.98. The Labute approximate surface area is 125 Å². The van der Waals surface area contributed by atoms with Gasteiger partial charge in [-0.05, 0) is 19.9 Å². The Morgan fingerprint density at radius 1 is 1.40 bits per heavy atom. The lowest BCUT2D eigenvalue weighted by Gasteiger charge is -2.15. The molecule has 2 rings (SSSR count). The molecule has 5 heteroatoms. The molecule has 0 aliphatic carbocycles. The number of nitrogens with two attached hydrogens (primary N) is 1. The molecule has 0 saturated carbocycles. The Balaban J connectivity index is 2.15. The first-order valence-electron chi connectivity index (χ1n) is 7.06. The van der Waals surface area contributed by atoms with Crippen LogP contribution in [0.25, 0.3) is 0 Å². The summed E-state index contributed by atoms with van der Waals surface area (Å²) in [5.74, 6) is 0. The summed E-state index contributed by atoms with van der Waals surface area (Å²) in [4.78, 5) is 4.72. The smallest absolute Gasteiger partial charge is 0.0948 e. The van der Waals surface area contributed by atoms with E-state index < -0.39 is 0 Å². The zero-order chi connectivity index (χ0) is 14.9. The first-order valence-corrected chi connectivity index (χ1v) is 7.94. The van der Waals surface area contributed by atoms with Gasteiger partial charge in [-0.2, -0.15) is 5.10 Å². The van der Waals surface area contributed by atoms with E-state index in [-0.39, 0.29) is 11.5 Å². The minimum absolute atomic E-state index is 0.0462. The number of aromatic nitrogens is 3. The molecule has 0 fully saturated rings. The van der Waals surface area contributed by atoms with Crippen molar-refractivity contribution in [1.29, 1.82) is 0 Å². The third-order valence-corrected chi connectivity index (χ3v) is 4.20. The van der Waals surface area contributed by atoms with E-state index >= 15 is 0 Å². The lowest BCUT2D eigenvalue weighted by Crippen LogP contribution is -2.18. The average molecular weight is 292 g/mol. The number of hydrogen-bond acceptors (Lipinski definition) is 4. The summed E-state index contributed by atoms with van der Waals surface area (Å²) in [6, 6.07) is 2.03. The standard InChI is InChI=1S/C15H24N4S/c1-6-19-12(7-10(2)18-19)11(16)8-14-17-13(9-20-14)15(3,4)5/h7,9,11H,6,8,16H2,1-5H3. The predicted molar refractivity (Wildman–Crippen MR) is 84.1 cm³/mol.